The highest BCUT2D eigenvalue weighted by Crippen LogP contribution is 2.66. The van der Waals surface area contributed by atoms with Crippen LogP contribution in [0.4, 0.5) is 0 Å². The number of hydrogen-bond acceptors (Lipinski definition) is 3. The Morgan fingerprint density at radius 3 is 2.50 bits per heavy atom. The first-order valence-electron chi connectivity index (χ1n) is 7.34. The molecule has 3 atom stereocenters. The molecule has 0 aromatic heterocycles. The molecule has 0 radical (unpaired) electrons. The Balaban J connectivity index is 2.26. The van der Waals surface area contributed by atoms with Gasteiger partial charge in [-0.1, -0.05) is 20.4 Å². The molecule has 1 saturated carbocycles. The molecule has 3 nitrogen and oxygen atoms in total. The van der Waals surface area contributed by atoms with Gasteiger partial charge in [0.05, 0.1) is 5.60 Å². The van der Waals surface area contributed by atoms with Crippen molar-refractivity contribution in [3.05, 3.63) is 24.8 Å². The van der Waals surface area contributed by atoms with Gasteiger partial charge in [-0.05, 0) is 51.3 Å². The Hall–Kier alpha value is -1.09. The zero-order chi connectivity index (χ0) is 15.2. The summed E-state index contributed by atoms with van der Waals surface area (Å²) in [5.41, 5.74) is -1.01. The molecule has 1 aliphatic heterocycles. The normalized spacial score (nSPS) is 37.9. The fourth-order valence-electron chi connectivity index (χ4n) is 3.65. The second kappa shape index (κ2) is 4.45. The molecule has 2 rings (SSSR count). The summed E-state index contributed by atoms with van der Waals surface area (Å²) >= 11 is 0. The largest absolute Gasteiger partial charge is 0.451 e. The minimum absolute atomic E-state index is 0.0798. The van der Waals surface area contributed by atoms with E-state index in [0.717, 1.165) is 12.8 Å². The lowest BCUT2D eigenvalue weighted by Gasteiger charge is -2.37. The minimum atomic E-state index is -0.777. The van der Waals surface area contributed by atoms with Gasteiger partial charge >= 0.3 is 5.97 Å². The molecular weight excluding hydrogens is 252 g/mol. The molecule has 0 amide bonds. The average molecular weight is 278 g/mol. The van der Waals surface area contributed by atoms with Crippen molar-refractivity contribution < 1.29 is 14.3 Å². The van der Waals surface area contributed by atoms with E-state index in [4.69, 9.17) is 9.47 Å². The van der Waals surface area contributed by atoms with Crippen LogP contribution in [-0.2, 0) is 14.3 Å². The quantitative estimate of drug-likeness (QED) is 0.446. The highest BCUT2D eigenvalue weighted by atomic mass is 16.6. The molecule has 112 valence electrons. The summed E-state index contributed by atoms with van der Waals surface area (Å²) in [5, 5.41) is 0. The van der Waals surface area contributed by atoms with Crippen LogP contribution in [0.15, 0.2) is 24.8 Å². The highest BCUT2D eigenvalue weighted by Gasteiger charge is 2.73. The molecule has 0 aromatic rings. The van der Waals surface area contributed by atoms with Crippen LogP contribution in [-0.4, -0.2) is 22.8 Å². The molecule has 1 saturated heterocycles. The summed E-state index contributed by atoms with van der Waals surface area (Å²) in [4.78, 5) is 11.2. The van der Waals surface area contributed by atoms with Gasteiger partial charge in [-0.25, -0.2) is 0 Å². The molecule has 0 N–H and O–H groups in total. The summed E-state index contributed by atoms with van der Waals surface area (Å²) in [5.74, 6) is -0.308. The highest BCUT2D eigenvalue weighted by molar-refractivity contribution is 5.67. The molecule has 1 aliphatic carbocycles. The van der Waals surface area contributed by atoms with Crippen molar-refractivity contribution >= 4 is 5.97 Å². The smallest absolute Gasteiger partial charge is 0.303 e. The number of esters is 1. The molecule has 3 heteroatoms. The predicted molar refractivity (Wildman–Crippen MR) is 79.4 cm³/mol. The summed E-state index contributed by atoms with van der Waals surface area (Å²) in [6.45, 7) is 13.7. The maximum atomic E-state index is 11.2. The lowest BCUT2D eigenvalue weighted by Crippen LogP contribution is -2.41. The number of carbonyl (C=O) groups is 1. The summed E-state index contributed by atoms with van der Waals surface area (Å²) in [7, 11) is 0. The average Bonchev–Trinajstić information content (AvgIpc) is 2.94. The first kappa shape index (κ1) is 15.3. The van der Waals surface area contributed by atoms with Crippen molar-refractivity contribution in [2.24, 2.45) is 5.41 Å². The summed E-state index contributed by atoms with van der Waals surface area (Å²) < 4.78 is 11.5. The SMILES string of the molecule is C=CC(C)(C=CC12OC1(C)CCCC2(C)C)OC(C)=O. The molecule has 2 aliphatic rings. The molecule has 1 heterocycles. The van der Waals surface area contributed by atoms with E-state index in [2.05, 4.69) is 33.4 Å². The van der Waals surface area contributed by atoms with Crippen molar-refractivity contribution in [1.29, 1.82) is 0 Å². The topological polar surface area (TPSA) is 38.8 Å². The molecular formula is C17H26O3. The van der Waals surface area contributed by atoms with Crippen molar-refractivity contribution in [1.82, 2.24) is 0 Å². The molecule has 0 bridgehead atoms. The van der Waals surface area contributed by atoms with E-state index < -0.39 is 5.60 Å². The number of hydrogen-bond donors (Lipinski definition) is 0. The molecule has 0 aromatic carbocycles. The van der Waals surface area contributed by atoms with Crippen LogP contribution >= 0.6 is 0 Å². The lowest BCUT2D eigenvalue weighted by molar-refractivity contribution is -0.147. The van der Waals surface area contributed by atoms with Crippen LogP contribution < -0.4 is 0 Å². The third-order valence-electron chi connectivity index (χ3n) is 5.01. The molecule has 0 spiro atoms. The monoisotopic (exact) mass is 278 g/mol. The van der Waals surface area contributed by atoms with E-state index in [1.807, 2.05) is 13.0 Å². The van der Waals surface area contributed by atoms with Crippen LogP contribution in [0.3, 0.4) is 0 Å². The second-order valence-electron chi connectivity index (χ2n) is 7.12. The summed E-state index contributed by atoms with van der Waals surface area (Å²) in [6.07, 6.45) is 9.08. The van der Waals surface area contributed by atoms with E-state index in [0.29, 0.717) is 0 Å². The van der Waals surface area contributed by atoms with Gasteiger partial charge in [0.1, 0.15) is 11.2 Å². The van der Waals surface area contributed by atoms with E-state index in [-0.39, 0.29) is 22.6 Å². The van der Waals surface area contributed by atoms with Crippen molar-refractivity contribution in [2.45, 2.75) is 70.7 Å². The van der Waals surface area contributed by atoms with Crippen molar-refractivity contribution in [2.75, 3.05) is 0 Å². The van der Waals surface area contributed by atoms with Crippen LogP contribution in [0.5, 0.6) is 0 Å². The van der Waals surface area contributed by atoms with Crippen LogP contribution in [0.2, 0.25) is 0 Å². The van der Waals surface area contributed by atoms with E-state index in [1.54, 1.807) is 6.08 Å². The van der Waals surface area contributed by atoms with Crippen molar-refractivity contribution in [3.8, 4) is 0 Å². The van der Waals surface area contributed by atoms with Crippen LogP contribution in [0, 0.1) is 5.41 Å². The first-order chi connectivity index (χ1) is 9.10. The predicted octanol–water partition coefficient (Wildman–Crippen LogP) is 3.79. The number of ether oxygens (including phenoxy) is 2. The fourth-order valence-corrected chi connectivity index (χ4v) is 3.65. The Morgan fingerprint density at radius 2 is 2.00 bits per heavy atom. The van der Waals surface area contributed by atoms with Crippen molar-refractivity contribution in [3.63, 3.8) is 0 Å². The third kappa shape index (κ3) is 2.22. The molecule has 2 fully saturated rings. The maximum absolute atomic E-state index is 11.2. The minimum Gasteiger partial charge on any atom is -0.451 e. The van der Waals surface area contributed by atoms with Gasteiger partial charge in [-0.15, -0.1) is 0 Å². The van der Waals surface area contributed by atoms with Gasteiger partial charge in [0.25, 0.3) is 0 Å². The Kier molecular flexibility index (Phi) is 3.41. The van der Waals surface area contributed by atoms with E-state index >= 15 is 0 Å². The second-order valence-corrected chi connectivity index (χ2v) is 7.12. The Labute approximate surface area is 122 Å². The number of epoxide rings is 1. The van der Waals surface area contributed by atoms with Gasteiger partial charge in [0, 0.05) is 12.3 Å². The lowest BCUT2D eigenvalue weighted by atomic mass is 9.64. The fraction of sp³-hybridized carbons (Fsp3) is 0.706. The van der Waals surface area contributed by atoms with Gasteiger partial charge in [-0.3, -0.25) is 4.79 Å². The Morgan fingerprint density at radius 1 is 1.35 bits per heavy atom. The first-order valence-corrected chi connectivity index (χ1v) is 7.34. The molecule has 3 unspecified atom stereocenters. The number of fused-ring (bicyclic) bond motifs is 1. The Bertz CT molecular complexity index is 465. The third-order valence-corrected chi connectivity index (χ3v) is 5.01. The molecule has 20 heavy (non-hydrogen) atoms. The maximum Gasteiger partial charge on any atom is 0.303 e. The summed E-state index contributed by atoms with van der Waals surface area (Å²) in [6, 6.07) is 0. The standard InChI is InChI=1S/C17H26O3/c1-7-15(5,19-13(2)18)11-12-17-14(3,4)9-8-10-16(17,6)20-17/h7,11-12H,1,8-10H2,2-6H3. The van der Waals surface area contributed by atoms with Crippen LogP contribution in [0.1, 0.15) is 53.9 Å². The van der Waals surface area contributed by atoms with Gasteiger partial charge in [-0.2, -0.15) is 0 Å². The van der Waals surface area contributed by atoms with Gasteiger partial charge in [0.2, 0.25) is 0 Å². The zero-order valence-electron chi connectivity index (χ0n) is 13.3. The van der Waals surface area contributed by atoms with Gasteiger partial charge in [0.15, 0.2) is 0 Å². The number of rotatable bonds is 4. The number of carbonyl (C=O) groups excluding carboxylic acids is 1. The van der Waals surface area contributed by atoms with E-state index in [9.17, 15) is 4.79 Å². The van der Waals surface area contributed by atoms with Gasteiger partial charge < -0.3 is 9.47 Å². The van der Waals surface area contributed by atoms with E-state index in [1.165, 1.54) is 13.3 Å². The van der Waals surface area contributed by atoms with Crippen LogP contribution in [0.25, 0.3) is 0 Å². The zero-order valence-corrected chi connectivity index (χ0v) is 13.3.